The molecular formula is C22H20FN3O. The smallest absolute Gasteiger partial charge is 0.244 e. The molecule has 1 N–H and O–H groups in total. The fourth-order valence-electron chi connectivity index (χ4n) is 3.03. The zero-order chi connectivity index (χ0) is 19.2. The van der Waals surface area contributed by atoms with Gasteiger partial charge in [0.25, 0.3) is 0 Å². The molecule has 1 heterocycles. The van der Waals surface area contributed by atoms with Crippen LogP contribution >= 0.6 is 0 Å². The molecule has 0 fully saturated rings. The molecule has 0 aliphatic heterocycles. The molecule has 0 aliphatic rings. The van der Waals surface area contributed by atoms with E-state index >= 15 is 0 Å². The lowest BCUT2D eigenvalue weighted by Crippen LogP contribution is -2.24. The number of hydrogen-bond acceptors (Lipinski definition) is 2. The number of halogens is 1. The maximum atomic E-state index is 13.0. The molecule has 0 saturated heterocycles. The van der Waals surface area contributed by atoms with Crippen molar-refractivity contribution < 1.29 is 9.18 Å². The minimum Gasteiger partial charge on any atom is -0.346 e. The van der Waals surface area contributed by atoms with Gasteiger partial charge in [0.15, 0.2) is 0 Å². The Balaban J connectivity index is 1.74. The first-order valence-electron chi connectivity index (χ1n) is 8.77. The average Bonchev–Trinajstić information content (AvgIpc) is 3.03. The van der Waals surface area contributed by atoms with Crippen molar-refractivity contribution in [1.29, 1.82) is 5.26 Å². The van der Waals surface area contributed by atoms with Crippen LogP contribution in [-0.2, 0) is 11.3 Å². The third-order valence-corrected chi connectivity index (χ3v) is 4.43. The predicted molar refractivity (Wildman–Crippen MR) is 104 cm³/mol. The van der Waals surface area contributed by atoms with Gasteiger partial charge in [0, 0.05) is 35.3 Å². The van der Waals surface area contributed by atoms with Crippen LogP contribution in [-0.4, -0.2) is 10.5 Å². The second-order valence-corrected chi connectivity index (χ2v) is 6.32. The van der Waals surface area contributed by atoms with Crippen LogP contribution in [0.1, 0.15) is 30.5 Å². The van der Waals surface area contributed by atoms with E-state index in [1.165, 1.54) is 18.2 Å². The average molecular weight is 361 g/mol. The molecule has 1 amide bonds. The van der Waals surface area contributed by atoms with Gasteiger partial charge >= 0.3 is 0 Å². The maximum absolute atomic E-state index is 13.0. The number of nitriles is 1. The molecule has 1 aromatic heterocycles. The van der Waals surface area contributed by atoms with E-state index in [1.54, 1.807) is 18.2 Å². The van der Waals surface area contributed by atoms with Gasteiger partial charge in [-0.3, -0.25) is 4.79 Å². The summed E-state index contributed by atoms with van der Waals surface area (Å²) in [6.07, 6.45) is 5.65. The van der Waals surface area contributed by atoms with Crippen LogP contribution in [0.2, 0.25) is 0 Å². The third-order valence-electron chi connectivity index (χ3n) is 4.43. The van der Waals surface area contributed by atoms with Gasteiger partial charge in [-0.15, -0.1) is 0 Å². The van der Waals surface area contributed by atoms with E-state index in [4.69, 9.17) is 5.26 Å². The molecule has 4 nitrogen and oxygen atoms in total. The Labute approximate surface area is 157 Å². The normalized spacial score (nSPS) is 12.2. The molecule has 3 aromatic rings. The topological polar surface area (TPSA) is 57.8 Å². The molecule has 5 heteroatoms. The van der Waals surface area contributed by atoms with Crippen LogP contribution in [0, 0.1) is 17.1 Å². The number of aromatic nitrogens is 1. The lowest BCUT2D eigenvalue weighted by Gasteiger charge is -2.12. The van der Waals surface area contributed by atoms with Crippen molar-refractivity contribution in [1.82, 2.24) is 9.88 Å². The summed E-state index contributed by atoms with van der Waals surface area (Å²) in [6.45, 7) is 2.46. The first kappa shape index (κ1) is 18.4. The van der Waals surface area contributed by atoms with Gasteiger partial charge < -0.3 is 9.88 Å². The molecule has 0 bridgehead atoms. The number of rotatable bonds is 6. The van der Waals surface area contributed by atoms with Gasteiger partial charge in [0.1, 0.15) is 5.82 Å². The van der Waals surface area contributed by atoms with Crippen molar-refractivity contribution in [3.05, 3.63) is 77.7 Å². The highest BCUT2D eigenvalue weighted by Crippen LogP contribution is 2.23. The van der Waals surface area contributed by atoms with Crippen molar-refractivity contribution in [3.8, 4) is 6.07 Å². The van der Waals surface area contributed by atoms with Gasteiger partial charge in [-0.1, -0.05) is 30.3 Å². The first-order valence-corrected chi connectivity index (χ1v) is 8.77. The Morgan fingerprint density at radius 2 is 2.00 bits per heavy atom. The Kier molecular flexibility index (Phi) is 5.68. The van der Waals surface area contributed by atoms with Crippen molar-refractivity contribution in [2.75, 3.05) is 0 Å². The highest BCUT2D eigenvalue weighted by atomic mass is 19.1. The molecule has 136 valence electrons. The monoisotopic (exact) mass is 361 g/mol. The minimum absolute atomic E-state index is 0.222. The van der Waals surface area contributed by atoms with Crippen LogP contribution < -0.4 is 5.32 Å². The standard InChI is InChI=1S/C22H20FN3O/c1-16(17-7-10-19(23)11-8-17)25-22(27)12-9-18-15-26(14-4-13-24)21-6-3-2-5-20(18)21/h2-3,5-12,15-16H,4,14H2,1H3,(H,25,27). The lowest BCUT2D eigenvalue weighted by molar-refractivity contribution is -0.117. The van der Waals surface area contributed by atoms with Gasteiger partial charge in [0.05, 0.1) is 18.5 Å². The lowest BCUT2D eigenvalue weighted by atomic mass is 10.1. The molecule has 1 atom stereocenters. The molecule has 0 saturated carbocycles. The van der Waals surface area contributed by atoms with Crippen LogP contribution in [0.4, 0.5) is 4.39 Å². The number of benzene rings is 2. The number of para-hydroxylation sites is 1. The number of amides is 1. The Bertz CT molecular complexity index is 1010. The van der Waals surface area contributed by atoms with Crippen LogP contribution in [0.15, 0.2) is 60.8 Å². The molecule has 1 unspecified atom stereocenters. The summed E-state index contributed by atoms with van der Waals surface area (Å²) in [5.41, 5.74) is 2.80. The highest BCUT2D eigenvalue weighted by Gasteiger charge is 2.09. The van der Waals surface area contributed by atoms with Crippen molar-refractivity contribution in [2.24, 2.45) is 0 Å². The number of carbonyl (C=O) groups is 1. The van der Waals surface area contributed by atoms with Crippen LogP contribution in [0.25, 0.3) is 17.0 Å². The SMILES string of the molecule is CC(NC(=O)C=Cc1cn(CCC#N)c2ccccc12)c1ccc(F)cc1. The van der Waals surface area contributed by atoms with E-state index < -0.39 is 0 Å². The second kappa shape index (κ2) is 8.33. The molecule has 0 spiro atoms. The summed E-state index contributed by atoms with van der Waals surface area (Å²) in [5.74, 6) is -0.523. The third kappa shape index (κ3) is 4.42. The van der Waals surface area contributed by atoms with E-state index in [1.807, 2.05) is 42.0 Å². The van der Waals surface area contributed by atoms with Gasteiger partial charge in [-0.25, -0.2) is 4.39 Å². The zero-order valence-electron chi connectivity index (χ0n) is 15.0. The fraction of sp³-hybridized carbons (Fsp3) is 0.182. The number of hydrogen-bond donors (Lipinski definition) is 1. The van der Waals surface area contributed by atoms with Gasteiger partial charge in [0.2, 0.25) is 5.91 Å². The maximum Gasteiger partial charge on any atom is 0.244 e. The molecule has 27 heavy (non-hydrogen) atoms. The minimum atomic E-state index is -0.301. The van der Waals surface area contributed by atoms with E-state index in [0.717, 1.165) is 22.0 Å². The van der Waals surface area contributed by atoms with Crippen molar-refractivity contribution >= 4 is 22.9 Å². The largest absolute Gasteiger partial charge is 0.346 e. The summed E-state index contributed by atoms with van der Waals surface area (Å²) in [4.78, 5) is 12.3. The Morgan fingerprint density at radius 1 is 1.26 bits per heavy atom. The number of carbonyl (C=O) groups excluding carboxylic acids is 1. The van der Waals surface area contributed by atoms with Crippen molar-refractivity contribution in [2.45, 2.75) is 25.9 Å². The molecule has 3 rings (SSSR count). The molecule has 2 aromatic carbocycles. The molecule has 0 aliphatic carbocycles. The number of nitrogens with zero attached hydrogens (tertiary/aromatic N) is 2. The van der Waals surface area contributed by atoms with Gasteiger partial charge in [-0.05, 0) is 36.8 Å². The summed E-state index contributed by atoms with van der Waals surface area (Å²) < 4.78 is 15.0. The highest BCUT2D eigenvalue weighted by molar-refractivity contribution is 5.96. The summed E-state index contributed by atoms with van der Waals surface area (Å²) in [6, 6.07) is 15.9. The summed E-state index contributed by atoms with van der Waals surface area (Å²) in [5, 5.41) is 12.7. The van der Waals surface area contributed by atoms with E-state index in [0.29, 0.717) is 13.0 Å². The van der Waals surface area contributed by atoms with Crippen LogP contribution in [0.5, 0.6) is 0 Å². The van der Waals surface area contributed by atoms with E-state index in [2.05, 4.69) is 11.4 Å². The molecular weight excluding hydrogens is 341 g/mol. The van der Waals surface area contributed by atoms with Crippen molar-refractivity contribution in [3.63, 3.8) is 0 Å². The number of nitrogens with one attached hydrogen (secondary N) is 1. The quantitative estimate of drug-likeness (QED) is 0.653. The predicted octanol–water partition coefficient (Wildman–Crippen LogP) is 4.58. The van der Waals surface area contributed by atoms with E-state index in [-0.39, 0.29) is 17.8 Å². The Hall–Kier alpha value is -3.39. The summed E-state index contributed by atoms with van der Waals surface area (Å²) in [7, 11) is 0. The van der Waals surface area contributed by atoms with Gasteiger partial charge in [-0.2, -0.15) is 5.26 Å². The van der Waals surface area contributed by atoms with Crippen LogP contribution in [0.3, 0.4) is 0 Å². The first-order chi connectivity index (χ1) is 13.1. The number of aryl methyl sites for hydroxylation is 1. The zero-order valence-corrected chi connectivity index (χ0v) is 15.0. The fourth-order valence-corrected chi connectivity index (χ4v) is 3.03. The van der Waals surface area contributed by atoms with E-state index in [9.17, 15) is 9.18 Å². The second-order valence-electron chi connectivity index (χ2n) is 6.32. The number of fused-ring (bicyclic) bond motifs is 1. The Morgan fingerprint density at radius 3 is 2.74 bits per heavy atom. The summed E-state index contributed by atoms with van der Waals surface area (Å²) >= 11 is 0. The molecule has 0 radical (unpaired) electrons.